The first kappa shape index (κ1) is 14.2. The fraction of sp³-hybridized carbons (Fsp3) is 0.500. The molecule has 1 aromatic carbocycles. The average Bonchev–Trinajstić information content (AvgIpc) is 2.97. The van der Waals surface area contributed by atoms with Crippen LogP contribution < -0.4 is 10.1 Å². The van der Waals surface area contributed by atoms with E-state index in [0.29, 0.717) is 24.9 Å². The Kier molecular flexibility index (Phi) is 3.52. The first-order valence-electron chi connectivity index (χ1n) is 6.79. The van der Waals surface area contributed by atoms with Gasteiger partial charge in [-0.25, -0.2) is 0 Å². The van der Waals surface area contributed by atoms with Crippen molar-refractivity contribution in [3.05, 3.63) is 29.8 Å². The summed E-state index contributed by atoms with van der Waals surface area (Å²) < 4.78 is 41.1. The van der Waals surface area contributed by atoms with Crippen LogP contribution in [0.4, 0.5) is 13.2 Å². The molecule has 4 nitrogen and oxygen atoms in total. The Hall–Kier alpha value is -1.76. The third-order valence-corrected chi connectivity index (χ3v) is 4.02. The third kappa shape index (κ3) is 2.97. The van der Waals surface area contributed by atoms with E-state index >= 15 is 0 Å². The number of hydrogen-bond acceptors (Lipinski definition) is 3. The molecule has 2 aliphatic rings. The van der Waals surface area contributed by atoms with Gasteiger partial charge in [0.05, 0.1) is 5.56 Å². The molecule has 1 amide bonds. The SMILES string of the molecule is O=C(c1ccccc1OC(F)(F)F)N1CC2CNCC2C1. The van der Waals surface area contributed by atoms with Crippen LogP contribution in [0.15, 0.2) is 24.3 Å². The average molecular weight is 300 g/mol. The number of para-hydroxylation sites is 1. The maximum Gasteiger partial charge on any atom is 0.573 e. The molecule has 7 heteroatoms. The van der Waals surface area contributed by atoms with Crippen molar-refractivity contribution in [1.29, 1.82) is 0 Å². The Morgan fingerprint density at radius 2 is 1.81 bits per heavy atom. The molecule has 2 unspecified atom stereocenters. The van der Waals surface area contributed by atoms with E-state index in [1.807, 2.05) is 0 Å². The highest BCUT2D eigenvalue weighted by molar-refractivity contribution is 5.97. The highest BCUT2D eigenvalue weighted by Crippen LogP contribution is 2.31. The van der Waals surface area contributed by atoms with Crippen LogP contribution in [-0.4, -0.2) is 43.3 Å². The topological polar surface area (TPSA) is 41.6 Å². The van der Waals surface area contributed by atoms with Gasteiger partial charge in [0, 0.05) is 26.2 Å². The molecule has 0 bridgehead atoms. The van der Waals surface area contributed by atoms with Gasteiger partial charge in [-0.15, -0.1) is 13.2 Å². The van der Waals surface area contributed by atoms with Crippen LogP contribution in [0.3, 0.4) is 0 Å². The number of nitrogens with zero attached hydrogens (tertiary/aromatic N) is 1. The number of nitrogens with one attached hydrogen (secondary N) is 1. The molecule has 2 fully saturated rings. The zero-order valence-corrected chi connectivity index (χ0v) is 11.2. The lowest BCUT2D eigenvalue weighted by Gasteiger charge is -2.20. The third-order valence-electron chi connectivity index (χ3n) is 4.02. The van der Waals surface area contributed by atoms with E-state index in [2.05, 4.69) is 10.1 Å². The molecule has 0 saturated carbocycles. The molecule has 2 saturated heterocycles. The van der Waals surface area contributed by atoms with E-state index in [9.17, 15) is 18.0 Å². The zero-order valence-electron chi connectivity index (χ0n) is 11.2. The maximum atomic E-state index is 12.4. The Morgan fingerprint density at radius 3 is 2.43 bits per heavy atom. The minimum absolute atomic E-state index is 0.0391. The van der Waals surface area contributed by atoms with Gasteiger partial charge in [0.2, 0.25) is 0 Å². The number of carbonyl (C=O) groups is 1. The van der Waals surface area contributed by atoms with Gasteiger partial charge >= 0.3 is 6.36 Å². The van der Waals surface area contributed by atoms with Crippen molar-refractivity contribution in [3.8, 4) is 5.75 Å². The van der Waals surface area contributed by atoms with Gasteiger partial charge in [-0.2, -0.15) is 0 Å². The lowest BCUT2D eigenvalue weighted by atomic mass is 10.0. The van der Waals surface area contributed by atoms with E-state index < -0.39 is 18.0 Å². The number of alkyl halides is 3. The number of benzene rings is 1. The van der Waals surface area contributed by atoms with Gasteiger partial charge in [0.1, 0.15) is 5.75 Å². The van der Waals surface area contributed by atoms with Crippen LogP contribution in [0.2, 0.25) is 0 Å². The number of rotatable bonds is 2. The van der Waals surface area contributed by atoms with Gasteiger partial charge < -0.3 is 15.0 Å². The van der Waals surface area contributed by atoms with Crippen molar-refractivity contribution in [1.82, 2.24) is 10.2 Å². The van der Waals surface area contributed by atoms with Crippen molar-refractivity contribution in [3.63, 3.8) is 0 Å². The predicted octanol–water partition coefficient (Wildman–Crippen LogP) is 1.88. The summed E-state index contributed by atoms with van der Waals surface area (Å²) in [7, 11) is 0. The second kappa shape index (κ2) is 5.22. The van der Waals surface area contributed by atoms with Gasteiger partial charge in [0.15, 0.2) is 0 Å². The molecule has 21 heavy (non-hydrogen) atoms. The summed E-state index contributed by atoms with van der Waals surface area (Å²) in [5, 5.41) is 3.25. The molecular formula is C14H15F3N2O2. The van der Waals surface area contributed by atoms with Crippen molar-refractivity contribution < 1.29 is 22.7 Å². The molecule has 2 aliphatic heterocycles. The molecule has 0 spiro atoms. The van der Waals surface area contributed by atoms with Gasteiger partial charge in [-0.05, 0) is 24.0 Å². The fourth-order valence-electron chi connectivity index (χ4n) is 3.05. The first-order valence-corrected chi connectivity index (χ1v) is 6.79. The minimum atomic E-state index is -4.80. The molecule has 0 radical (unpaired) electrons. The Balaban J connectivity index is 1.79. The van der Waals surface area contributed by atoms with Crippen molar-refractivity contribution >= 4 is 5.91 Å². The summed E-state index contributed by atoms with van der Waals surface area (Å²) >= 11 is 0. The molecule has 0 aliphatic carbocycles. The predicted molar refractivity (Wildman–Crippen MR) is 68.9 cm³/mol. The summed E-state index contributed by atoms with van der Waals surface area (Å²) in [6.45, 7) is 2.87. The van der Waals surface area contributed by atoms with Crippen LogP contribution in [0.5, 0.6) is 5.75 Å². The Bertz CT molecular complexity index is 535. The lowest BCUT2D eigenvalue weighted by molar-refractivity contribution is -0.274. The molecule has 2 atom stereocenters. The highest BCUT2D eigenvalue weighted by atomic mass is 19.4. The van der Waals surface area contributed by atoms with E-state index in [4.69, 9.17) is 0 Å². The van der Waals surface area contributed by atoms with Gasteiger partial charge in [-0.3, -0.25) is 4.79 Å². The minimum Gasteiger partial charge on any atom is -0.405 e. The quantitative estimate of drug-likeness (QED) is 0.906. The second-order valence-electron chi connectivity index (χ2n) is 5.43. The van der Waals surface area contributed by atoms with E-state index in [0.717, 1.165) is 13.1 Å². The molecule has 1 aromatic rings. The van der Waals surface area contributed by atoms with E-state index in [1.54, 1.807) is 4.90 Å². The number of hydrogen-bond donors (Lipinski definition) is 1. The standard InChI is InChI=1S/C14H15F3N2O2/c15-14(16,17)21-12-4-2-1-3-11(12)13(20)19-7-9-5-18-6-10(9)8-19/h1-4,9-10,18H,5-8H2. The monoisotopic (exact) mass is 300 g/mol. The largest absolute Gasteiger partial charge is 0.573 e. The summed E-state index contributed by atoms with van der Waals surface area (Å²) in [6.07, 6.45) is -4.80. The molecule has 1 N–H and O–H groups in total. The van der Waals surface area contributed by atoms with Gasteiger partial charge in [0.25, 0.3) is 5.91 Å². The molecule has 0 aromatic heterocycles. The molecule has 114 valence electrons. The Labute approximate surface area is 119 Å². The fourth-order valence-corrected chi connectivity index (χ4v) is 3.05. The normalized spacial score (nSPS) is 25.0. The number of carbonyl (C=O) groups excluding carboxylic acids is 1. The number of fused-ring (bicyclic) bond motifs is 1. The van der Waals surface area contributed by atoms with E-state index in [-0.39, 0.29) is 5.56 Å². The molecule has 2 heterocycles. The zero-order chi connectivity index (χ0) is 15.0. The van der Waals surface area contributed by atoms with Crippen molar-refractivity contribution in [2.24, 2.45) is 11.8 Å². The number of ether oxygens (including phenoxy) is 1. The Morgan fingerprint density at radius 1 is 1.19 bits per heavy atom. The lowest BCUT2D eigenvalue weighted by Crippen LogP contribution is -2.32. The smallest absolute Gasteiger partial charge is 0.405 e. The summed E-state index contributed by atoms with van der Waals surface area (Å²) in [5.74, 6) is -0.0521. The van der Waals surface area contributed by atoms with Crippen LogP contribution >= 0.6 is 0 Å². The second-order valence-corrected chi connectivity index (χ2v) is 5.43. The maximum absolute atomic E-state index is 12.4. The number of likely N-dealkylation sites (tertiary alicyclic amines) is 1. The summed E-state index contributed by atoms with van der Waals surface area (Å²) in [4.78, 5) is 14.1. The van der Waals surface area contributed by atoms with Crippen LogP contribution in [0, 0.1) is 11.8 Å². The molecule has 3 rings (SSSR count). The number of amides is 1. The van der Waals surface area contributed by atoms with Crippen LogP contribution in [0.25, 0.3) is 0 Å². The number of halogens is 3. The highest BCUT2D eigenvalue weighted by Gasteiger charge is 2.39. The first-order chi connectivity index (χ1) is 9.94. The summed E-state index contributed by atoms with van der Waals surface area (Å²) in [5.41, 5.74) is -0.0391. The van der Waals surface area contributed by atoms with E-state index in [1.165, 1.54) is 24.3 Å². The summed E-state index contributed by atoms with van der Waals surface area (Å²) in [6, 6.07) is 5.49. The van der Waals surface area contributed by atoms with Gasteiger partial charge in [-0.1, -0.05) is 12.1 Å². The van der Waals surface area contributed by atoms with Crippen molar-refractivity contribution in [2.45, 2.75) is 6.36 Å². The molecular weight excluding hydrogens is 285 g/mol. The van der Waals surface area contributed by atoms with Crippen LogP contribution in [-0.2, 0) is 0 Å². The van der Waals surface area contributed by atoms with Crippen LogP contribution in [0.1, 0.15) is 10.4 Å². The van der Waals surface area contributed by atoms with Crippen molar-refractivity contribution in [2.75, 3.05) is 26.2 Å².